The van der Waals surface area contributed by atoms with Crippen molar-refractivity contribution in [1.29, 1.82) is 0 Å². The lowest BCUT2D eigenvalue weighted by molar-refractivity contribution is -0.141. The number of nitrogens with one attached hydrogen (secondary N) is 7. The molecule has 0 aromatic carbocycles. The molecule has 0 heterocycles. The molecular weight excluding hydrogens is 915 g/mol. The molecule has 0 saturated heterocycles. The highest BCUT2D eigenvalue weighted by Gasteiger charge is 2.44. The lowest BCUT2D eigenvalue weighted by Crippen LogP contribution is -2.44. The van der Waals surface area contributed by atoms with Crippen molar-refractivity contribution in [3.05, 3.63) is 0 Å². The number of unbranched alkanes of at least 4 members (excludes halogenated alkanes) is 1. The van der Waals surface area contributed by atoms with Crippen molar-refractivity contribution in [2.45, 2.75) is 173 Å². The lowest BCUT2D eigenvalue weighted by atomic mass is 9.67. The second-order valence-electron chi connectivity index (χ2n) is 22.9. The van der Waals surface area contributed by atoms with Gasteiger partial charge in [-0.05, 0) is 76.2 Å². The van der Waals surface area contributed by atoms with E-state index in [0.717, 1.165) is 38.5 Å². The third-order valence-electron chi connectivity index (χ3n) is 13.6. The van der Waals surface area contributed by atoms with Gasteiger partial charge in [-0.15, -0.1) is 0 Å². The van der Waals surface area contributed by atoms with Crippen LogP contribution in [0, 0.1) is 51.8 Å². The van der Waals surface area contributed by atoms with Crippen LogP contribution in [0.15, 0.2) is 0 Å². The van der Waals surface area contributed by atoms with Gasteiger partial charge < -0.3 is 48.7 Å². The summed E-state index contributed by atoms with van der Waals surface area (Å²) in [6.45, 7) is 28.0. The molecule has 0 spiro atoms. The topological polar surface area (TPSA) is 273 Å². The van der Waals surface area contributed by atoms with Gasteiger partial charge in [0.25, 0.3) is 0 Å². The normalized spacial score (nSPS) is 13.8. The zero-order valence-electron chi connectivity index (χ0n) is 47.3. The highest BCUT2D eigenvalue weighted by molar-refractivity contribution is 5.95. The third-order valence-corrected chi connectivity index (χ3v) is 13.6. The Morgan fingerprint density at radius 1 is 0.444 bits per heavy atom. The number of nitrogens with two attached hydrogens (primary N) is 2. The van der Waals surface area contributed by atoms with Crippen LogP contribution in [0.1, 0.15) is 173 Å². The summed E-state index contributed by atoms with van der Waals surface area (Å²) in [7, 11) is 0. The predicted molar refractivity (Wildman–Crippen MR) is 290 cm³/mol. The number of amides is 4. The van der Waals surface area contributed by atoms with Gasteiger partial charge >= 0.3 is 0 Å². The summed E-state index contributed by atoms with van der Waals surface area (Å²) < 4.78 is 0. The van der Waals surface area contributed by atoms with Gasteiger partial charge in [-0.3, -0.25) is 38.4 Å². The van der Waals surface area contributed by atoms with Crippen LogP contribution in [0.4, 0.5) is 0 Å². The van der Waals surface area contributed by atoms with Crippen LogP contribution in [-0.2, 0) is 38.4 Å². The molecule has 0 saturated carbocycles. The smallest absolute Gasteiger partial charge is 0.223 e. The van der Waals surface area contributed by atoms with Crippen molar-refractivity contribution in [3.63, 3.8) is 0 Å². The number of carbonyl (C=O) groups excluding carboxylic acids is 8. The van der Waals surface area contributed by atoms with Crippen LogP contribution in [0.3, 0.4) is 0 Å². The van der Waals surface area contributed by atoms with Crippen molar-refractivity contribution in [2.75, 3.05) is 78.5 Å². The Labute approximate surface area is 435 Å². The number of carbonyl (C=O) groups is 8. The van der Waals surface area contributed by atoms with E-state index in [1.807, 2.05) is 6.92 Å². The zero-order valence-corrected chi connectivity index (χ0v) is 47.3. The minimum Gasteiger partial charge on any atom is -0.356 e. The van der Waals surface area contributed by atoms with Crippen LogP contribution in [0.25, 0.3) is 0 Å². The molecule has 0 bridgehead atoms. The highest BCUT2D eigenvalue weighted by Crippen LogP contribution is 2.40. The predicted octanol–water partition coefficient (Wildman–Crippen LogP) is 4.77. The van der Waals surface area contributed by atoms with Crippen molar-refractivity contribution in [2.24, 2.45) is 63.2 Å². The molecule has 418 valence electrons. The number of hydrogen-bond acceptors (Lipinski definition) is 13. The van der Waals surface area contributed by atoms with E-state index in [1.165, 1.54) is 0 Å². The number of rotatable bonds is 45. The average Bonchev–Trinajstić information content (AvgIpc) is 3.30. The number of ketones is 4. The van der Waals surface area contributed by atoms with Gasteiger partial charge in [-0.25, -0.2) is 0 Å². The summed E-state index contributed by atoms with van der Waals surface area (Å²) >= 11 is 0. The van der Waals surface area contributed by atoms with Crippen molar-refractivity contribution >= 4 is 46.8 Å². The Balaban J connectivity index is 6.85. The van der Waals surface area contributed by atoms with E-state index >= 15 is 4.79 Å². The second-order valence-corrected chi connectivity index (χ2v) is 22.9. The van der Waals surface area contributed by atoms with E-state index in [4.69, 9.17) is 11.5 Å². The van der Waals surface area contributed by atoms with Crippen molar-refractivity contribution in [1.82, 2.24) is 37.2 Å². The molecule has 11 N–H and O–H groups in total. The van der Waals surface area contributed by atoms with Gasteiger partial charge in [0.1, 0.15) is 23.1 Å². The maximum Gasteiger partial charge on any atom is 0.223 e. The molecule has 17 nitrogen and oxygen atoms in total. The molecule has 0 aromatic heterocycles. The van der Waals surface area contributed by atoms with E-state index in [0.29, 0.717) is 83.7 Å². The maximum atomic E-state index is 15.1. The van der Waals surface area contributed by atoms with Gasteiger partial charge in [0.2, 0.25) is 23.6 Å². The highest BCUT2D eigenvalue weighted by atomic mass is 16.2. The SMILES string of the molecule is CCCCNCC(=O)C(CC(=O)NCCNCCN)CC(C)(C)C(=O)CC(CC(C)(C)C(=O)C(CC(=O)NCCCC(C)C)CC(C)(C)C(=O)CC(CC)C(=O)NCCCC(C)C)C(=O)NCCNCCN. The second kappa shape index (κ2) is 37.1. The van der Waals surface area contributed by atoms with Crippen LogP contribution in [0.2, 0.25) is 0 Å². The van der Waals surface area contributed by atoms with E-state index in [2.05, 4.69) is 71.8 Å². The molecule has 4 amide bonds. The van der Waals surface area contributed by atoms with Crippen LogP contribution >= 0.6 is 0 Å². The molecule has 0 rings (SSSR count). The minimum absolute atomic E-state index is 0.00922. The zero-order chi connectivity index (χ0) is 54.9. The first-order chi connectivity index (χ1) is 33.8. The summed E-state index contributed by atoms with van der Waals surface area (Å²) in [4.78, 5) is 112. The summed E-state index contributed by atoms with van der Waals surface area (Å²) in [6, 6.07) is 0. The fourth-order valence-electron chi connectivity index (χ4n) is 8.98. The van der Waals surface area contributed by atoms with Crippen LogP contribution in [0.5, 0.6) is 0 Å². The standard InChI is InChI=1S/C55H105N9O8/c1-13-15-22-60-38-45(65)42(33-48(68)62-29-27-58-25-20-56)35-53(7,8)47(67)32-44(52(72)64-30-28-59-26-21-57)37-55(11,12)50(70)43(34-49(69)61-23-16-18-39(3)4)36-54(9,10)46(66)31-41(14-2)51(71)63-24-17-19-40(5)6/h39-44,58-60H,13-38,56-57H2,1-12H3,(H,61,69)(H,62,68)(H,63,71)(H,64,72). The van der Waals surface area contributed by atoms with Crippen molar-refractivity contribution in [3.8, 4) is 0 Å². The van der Waals surface area contributed by atoms with Gasteiger partial charge in [-0.2, -0.15) is 0 Å². The van der Waals surface area contributed by atoms with Gasteiger partial charge in [0.15, 0.2) is 0 Å². The number of Topliss-reactive ketones (excluding diaryl/α,β-unsaturated/α-hetero) is 4. The first kappa shape index (κ1) is 68.4. The Kier molecular flexibility index (Phi) is 35.3. The molecule has 0 aliphatic rings. The van der Waals surface area contributed by atoms with Gasteiger partial charge in [0.05, 0.1) is 6.54 Å². The first-order valence-electron chi connectivity index (χ1n) is 27.5. The summed E-state index contributed by atoms with van der Waals surface area (Å²) in [5.41, 5.74) is 7.71. The third kappa shape index (κ3) is 29.9. The molecule has 4 atom stereocenters. The molecule has 0 aromatic rings. The molecule has 17 heteroatoms. The lowest BCUT2D eigenvalue weighted by Gasteiger charge is -2.35. The molecule has 4 unspecified atom stereocenters. The quantitative estimate of drug-likeness (QED) is 0.0373. The Morgan fingerprint density at radius 2 is 0.875 bits per heavy atom. The maximum absolute atomic E-state index is 15.1. The van der Waals surface area contributed by atoms with E-state index in [1.54, 1.807) is 41.5 Å². The number of hydrogen-bond donors (Lipinski definition) is 9. The summed E-state index contributed by atoms with van der Waals surface area (Å²) in [6.07, 6.45) is 5.30. The van der Waals surface area contributed by atoms with E-state index < -0.39 is 45.8 Å². The monoisotopic (exact) mass is 1020 g/mol. The summed E-state index contributed by atoms with van der Waals surface area (Å²) in [5, 5.41) is 21.2. The molecule has 0 aliphatic heterocycles. The fourth-order valence-corrected chi connectivity index (χ4v) is 8.98. The fraction of sp³-hybridized carbons (Fsp3) is 0.855. The largest absolute Gasteiger partial charge is 0.356 e. The average molecular weight is 1020 g/mol. The molecular formula is C55H105N9O8. The molecule has 0 aliphatic carbocycles. The Bertz CT molecular complexity index is 1630. The van der Waals surface area contributed by atoms with Gasteiger partial charge in [0, 0.05) is 131 Å². The van der Waals surface area contributed by atoms with Crippen LogP contribution in [-0.4, -0.2) is 125 Å². The van der Waals surface area contributed by atoms with Crippen molar-refractivity contribution < 1.29 is 38.4 Å². The van der Waals surface area contributed by atoms with E-state index in [9.17, 15) is 33.6 Å². The summed E-state index contributed by atoms with van der Waals surface area (Å²) in [5.74, 6) is -4.47. The minimum atomic E-state index is -1.26. The molecule has 0 fully saturated rings. The van der Waals surface area contributed by atoms with Gasteiger partial charge in [-0.1, -0.05) is 89.5 Å². The molecule has 0 radical (unpaired) electrons. The van der Waals surface area contributed by atoms with E-state index in [-0.39, 0.29) is 98.9 Å². The van der Waals surface area contributed by atoms with Crippen LogP contribution < -0.4 is 48.7 Å². The molecule has 72 heavy (non-hydrogen) atoms. The Hall–Kier alpha value is -3.64. The Morgan fingerprint density at radius 3 is 1.38 bits per heavy atom. The first-order valence-corrected chi connectivity index (χ1v) is 27.5.